The highest BCUT2D eigenvalue weighted by Crippen LogP contribution is 2.28. The van der Waals surface area contributed by atoms with E-state index in [1.54, 1.807) is 53.6 Å². The molecule has 2 amide bonds. The summed E-state index contributed by atoms with van der Waals surface area (Å²) in [5.41, 5.74) is 2.77. The summed E-state index contributed by atoms with van der Waals surface area (Å²) in [4.78, 5) is 31.3. The topological polar surface area (TPSA) is 117 Å². The number of hydrogen-bond acceptors (Lipinski definition) is 7. The largest absolute Gasteiger partial charge is 0.459 e. The molecule has 2 aromatic heterocycles. The molecule has 1 aromatic carbocycles. The van der Waals surface area contributed by atoms with Gasteiger partial charge in [-0.15, -0.1) is 0 Å². The summed E-state index contributed by atoms with van der Waals surface area (Å²) in [5, 5.41) is 15.8. The number of aliphatic hydroxyl groups is 1. The number of furan rings is 1. The van der Waals surface area contributed by atoms with Gasteiger partial charge in [0.25, 0.3) is 5.91 Å². The van der Waals surface area contributed by atoms with Crippen molar-refractivity contribution in [3.05, 3.63) is 78.0 Å². The SMILES string of the molecule is Cc1ccoc1C(=O)Nc1cccc(Oc2ccnc(C3=CC(C(=O)N4CC[C@H](O)C4)CN3)c2)c1. The van der Waals surface area contributed by atoms with Gasteiger partial charge in [-0.3, -0.25) is 14.6 Å². The molecule has 3 aromatic rings. The second-order valence-corrected chi connectivity index (χ2v) is 8.69. The van der Waals surface area contributed by atoms with E-state index in [0.717, 1.165) is 11.3 Å². The Balaban J connectivity index is 1.26. The first kappa shape index (κ1) is 22.7. The molecule has 3 N–H and O–H groups in total. The third-order valence-corrected chi connectivity index (χ3v) is 6.08. The van der Waals surface area contributed by atoms with Gasteiger partial charge in [0.15, 0.2) is 5.76 Å². The minimum Gasteiger partial charge on any atom is -0.459 e. The number of benzene rings is 1. The van der Waals surface area contributed by atoms with Crippen molar-refractivity contribution < 1.29 is 23.8 Å². The van der Waals surface area contributed by atoms with Gasteiger partial charge in [0.1, 0.15) is 11.5 Å². The van der Waals surface area contributed by atoms with Gasteiger partial charge in [-0.1, -0.05) is 6.07 Å². The van der Waals surface area contributed by atoms with Crippen molar-refractivity contribution >= 4 is 23.2 Å². The quantitative estimate of drug-likeness (QED) is 0.502. The molecule has 0 bridgehead atoms. The lowest BCUT2D eigenvalue weighted by molar-refractivity contribution is -0.132. The molecule has 9 nitrogen and oxygen atoms in total. The molecule has 2 aliphatic rings. The van der Waals surface area contributed by atoms with Crippen molar-refractivity contribution in [2.45, 2.75) is 19.4 Å². The molecule has 1 unspecified atom stereocenters. The number of likely N-dealkylation sites (tertiary alicyclic amines) is 1. The summed E-state index contributed by atoms with van der Waals surface area (Å²) in [6.45, 7) is 3.27. The lowest BCUT2D eigenvalue weighted by Gasteiger charge is -2.18. The summed E-state index contributed by atoms with van der Waals surface area (Å²) >= 11 is 0. The number of aliphatic hydroxyl groups excluding tert-OH is 1. The first-order chi connectivity index (χ1) is 17.0. The highest BCUT2D eigenvalue weighted by molar-refractivity contribution is 6.03. The number of aryl methyl sites for hydroxylation is 1. The zero-order chi connectivity index (χ0) is 24.4. The molecule has 9 heteroatoms. The number of carbonyl (C=O) groups is 2. The van der Waals surface area contributed by atoms with Crippen LogP contribution < -0.4 is 15.4 Å². The van der Waals surface area contributed by atoms with E-state index in [1.165, 1.54) is 6.26 Å². The summed E-state index contributed by atoms with van der Waals surface area (Å²) < 4.78 is 11.3. The van der Waals surface area contributed by atoms with Gasteiger partial charge in [-0.05, 0) is 43.7 Å². The van der Waals surface area contributed by atoms with E-state index in [2.05, 4.69) is 15.6 Å². The van der Waals surface area contributed by atoms with Crippen LogP contribution in [0, 0.1) is 12.8 Å². The lowest BCUT2D eigenvalue weighted by atomic mass is 10.1. The molecule has 1 fully saturated rings. The Hall–Kier alpha value is -4.11. The maximum atomic E-state index is 12.7. The Morgan fingerprint density at radius 3 is 2.86 bits per heavy atom. The third-order valence-electron chi connectivity index (χ3n) is 6.08. The number of anilines is 1. The molecule has 0 aliphatic carbocycles. The van der Waals surface area contributed by atoms with E-state index in [0.29, 0.717) is 48.9 Å². The number of pyridine rings is 1. The number of ether oxygens (including phenoxy) is 1. The average Bonchev–Trinajstić information content (AvgIpc) is 3.60. The first-order valence-corrected chi connectivity index (χ1v) is 11.5. The van der Waals surface area contributed by atoms with Crippen molar-refractivity contribution in [3.8, 4) is 11.5 Å². The standard InChI is InChI=1S/C26H26N4O5/c1-16-7-10-34-24(16)25(32)29-18-3-2-4-20(12-18)35-21-5-8-27-23(13-21)22-11-17(14-28-22)26(33)30-9-6-19(31)15-30/h2-5,7-8,10-13,17,19,28,31H,6,9,14-15H2,1H3,(H,29,32)/t17?,19-/m0/s1. The van der Waals surface area contributed by atoms with Gasteiger partial charge >= 0.3 is 0 Å². The number of aromatic nitrogens is 1. The van der Waals surface area contributed by atoms with E-state index in [4.69, 9.17) is 9.15 Å². The molecule has 2 atom stereocenters. The highest BCUT2D eigenvalue weighted by Gasteiger charge is 2.31. The van der Waals surface area contributed by atoms with Crippen LogP contribution in [0.3, 0.4) is 0 Å². The fourth-order valence-corrected chi connectivity index (χ4v) is 4.24. The molecular weight excluding hydrogens is 448 g/mol. The molecule has 0 spiro atoms. The fourth-order valence-electron chi connectivity index (χ4n) is 4.24. The summed E-state index contributed by atoms with van der Waals surface area (Å²) in [5.74, 6) is 0.776. The highest BCUT2D eigenvalue weighted by atomic mass is 16.5. The van der Waals surface area contributed by atoms with Crippen LogP contribution in [0.1, 0.15) is 28.2 Å². The number of nitrogens with zero attached hydrogens (tertiary/aromatic N) is 2. The number of amides is 2. The van der Waals surface area contributed by atoms with Crippen molar-refractivity contribution in [2.75, 3.05) is 25.0 Å². The van der Waals surface area contributed by atoms with Crippen LogP contribution in [0.2, 0.25) is 0 Å². The molecular formula is C26H26N4O5. The second-order valence-electron chi connectivity index (χ2n) is 8.69. The normalized spacial score (nSPS) is 19.3. The maximum absolute atomic E-state index is 12.7. The van der Waals surface area contributed by atoms with Crippen molar-refractivity contribution in [1.29, 1.82) is 0 Å². The van der Waals surface area contributed by atoms with Crippen molar-refractivity contribution in [2.24, 2.45) is 5.92 Å². The van der Waals surface area contributed by atoms with Gasteiger partial charge in [0.05, 0.1) is 29.7 Å². The Morgan fingerprint density at radius 2 is 2.09 bits per heavy atom. The molecule has 5 rings (SSSR count). The lowest BCUT2D eigenvalue weighted by Crippen LogP contribution is -2.36. The predicted octanol–water partition coefficient (Wildman–Crippen LogP) is 3.18. The predicted molar refractivity (Wildman–Crippen MR) is 129 cm³/mol. The molecule has 0 radical (unpaired) electrons. The van der Waals surface area contributed by atoms with E-state index < -0.39 is 6.10 Å². The van der Waals surface area contributed by atoms with Crippen LogP contribution in [-0.2, 0) is 4.79 Å². The van der Waals surface area contributed by atoms with E-state index in [9.17, 15) is 14.7 Å². The van der Waals surface area contributed by atoms with Crippen LogP contribution in [0.5, 0.6) is 11.5 Å². The van der Waals surface area contributed by atoms with Crippen LogP contribution in [0.25, 0.3) is 5.70 Å². The zero-order valence-electron chi connectivity index (χ0n) is 19.2. The zero-order valence-corrected chi connectivity index (χ0v) is 19.2. The smallest absolute Gasteiger partial charge is 0.291 e. The van der Waals surface area contributed by atoms with Crippen molar-refractivity contribution in [1.82, 2.24) is 15.2 Å². The van der Waals surface area contributed by atoms with Crippen LogP contribution in [0.4, 0.5) is 5.69 Å². The minimum atomic E-state index is -0.437. The average molecular weight is 475 g/mol. The van der Waals surface area contributed by atoms with Gasteiger partial charge < -0.3 is 29.8 Å². The van der Waals surface area contributed by atoms with E-state index in [-0.39, 0.29) is 23.5 Å². The first-order valence-electron chi connectivity index (χ1n) is 11.5. The van der Waals surface area contributed by atoms with Crippen LogP contribution in [-0.4, -0.2) is 52.5 Å². The van der Waals surface area contributed by atoms with E-state index in [1.807, 2.05) is 13.0 Å². The van der Waals surface area contributed by atoms with Gasteiger partial charge in [-0.25, -0.2) is 0 Å². The summed E-state index contributed by atoms with van der Waals surface area (Å²) in [6, 6.07) is 12.3. The minimum absolute atomic E-state index is 0.0139. The number of hydrogen-bond donors (Lipinski definition) is 3. The van der Waals surface area contributed by atoms with Gasteiger partial charge in [0.2, 0.25) is 5.91 Å². The Morgan fingerprint density at radius 1 is 1.23 bits per heavy atom. The Bertz CT molecular complexity index is 1280. The van der Waals surface area contributed by atoms with Crippen LogP contribution in [0.15, 0.2) is 65.4 Å². The fraction of sp³-hybridized carbons (Fsp3) is 0.269. The van der Waals surface area contributed by atoms with Gasteiger partial charge in [-0.2, -0.15) is 0 Å². The molecule has 0 saturated carbocycles. The Kier molecular flexibility index (Phi) is 6.24. The summed E-state index contributed by atoms with van der Waals surface area (Å²) in [7, 11) is 0. The number of nitrogens with one attached hydrogen (secondary N) is 2. The number of rotatable bonds is 6. The third kappa shape index (κ3) is 5.04. The monoisotopic (exact) mass is 474 g/mol. The van der Waals surface area contributed by atoms with Crippen LogP contribution >= 0.6 is 0 Å². The molecule has 2 aliphatic heterocycles. The van der Waals surface area contributed by atoms with E-state index >= 15 is 0 Å². The summed E-state index contributed by atoms with van der Waals surface area (Å²) in [6.07, 6.45) is 5.19. The number of β-amino-alcohol motifs (C(OH)–C–C–N with tert-alkyl or cyclic N) is 1. The second kappa shape index (κ2) is 9.63. The maximum Gasteiger partial charge on any atom is 0.291 e. The molecule has 1 saturated heterocycles. The van der Waals surface area contributed by atoms with Crippen molar-refractivity contribution in [3.63, 3.8) is 0 Å². The molecule has 180 valence electrons. The molecule has 4 heterocycles. The number of carbonyl (C=O) groups excluding carboxylic acids is 2. The molecule has 35 heavy (non-hydrogen) atoms. The van der Waals surface area contributed by atoms with Gasteiger partial charge in [0, 0.05) is 49.2 Å². The Labute approximate surface area is 202 Å².